The Hall–Kier alpha value is -5.34. The number of benzene rings is 2. The molecule has 3 aliphatic rings. The normalized spacial score (nSPS) is 22.2. The second-order valence-electron chi connectivity index (χ2n) is 16.9. The number of allylic oxidation sites excluding steroid dienone is 1. The lowest BCUT2D eigenvalue weighted by atomic mass is 9.81. The highest BCUT2D eigenvalue weighted by atomic mass is 35.5. The first-order valence-corrected chi connectivity index (χ1v) is 23.3. The fourth-order valence-corrected chi connectivity index (χ4v) is 9.38. The molecule has 0 amide bonds. The van der Waals surface area contributed by atoms with Crippen molar-refractivity contribution in [3.05, 3.63) is 81.0 Å². The Morgan fingerprint density at radius 1 is 0.578 bits per heavy atom. The van der Waals surface area contributed by atoms with Gasteiger partial charge in [0.2, 0.25) is 0 Å². The summed E-state index contributed by atoms with van der Waals surface area (Å²) in [7, 11) is 0. The lowest BCUT2D eigenvalue weighted by molar-refractivity contribution is -0.156. The van der Waals surface area contributed by atoms with Crippen LogP contribution in [0.15, 0.2) is 60.7 Å². The molecule has 0 unspecified atom stereocenters. The summed E-state index contributed by atoms with van der Waals surface area (Å²) in [6, 6.07) is 14.8. The van der Waals surface area contributed by atoms with Gasteiger partial charge in [0.25, 0.3) is 0 Å². The Labute approximate surface area is 382 Å². The van der Waals surface area contributed by atoms with Gasteiger partial charge < -0.3 is 28.4 Å². The molecule has 1 heterocycles. The molecule has 342 valence electrons. The van der Waals surface area contributed by atoms with Crippen molar-refractivity contribution >= 4 is 70.6 Å². The molecule has 13 nitrogen and oxygen atoms in total. The zero-order chi connectivity index (χ0) is 45.6. The lowest BCUT2D eigenvalue weighted by Crippen LogP contribution is -2.30. The zero-order valence-electron chi connectivity index (χ0n) is 36.2. The quantitative estimate of drug-likeness (QED) is 0.0412. The summed E-state index contributed by atoms with van der Waals surface area (Å²) in [5, 5.41) is 0. The molecule has 0 saturated heterocycles. The maximum absolute atomic E-state index is 13.2. The average Bonchev–Trinajstić information content (AvgIpc) is 3.74. The van der Waals surface area contributed by atoms with Gasteiger partial charge in [0.05, 0.1) is 52.7 Å². The SMILES string of the molecule is CC(=O)OCC1CCC(COC(=O)C2CCC(C(=O)OCCc3ccc(OC(=O)C4CCC(C(=O)Oc5ccc(OC(C)=O)c(/C=C/C(=O)c6ccc(Cl)s6)c5)CC4)cc3)CC2)CC1. The fourth-order valence-electron chi connectivity index (χ4n) is 8.42. The number of carbonyl (C=O) groups is 7. The number of halogens is 1. The minimum atomic E-state index is -0.548. The lowest BCUT2D eigenvalue weighted by Gasteiger charge is -2.29. The number of rotatable bonds is 17. The minimum Gasteiger partial charge on any atom is -0.466 e. The van der Waals surface area contributed by atoms with Crippen molar-refractivity contribution in [2.45, 2.75) is 97.3 Å². The van der Waals surface area contributed by atoms with E-state index < -0.39 is 17.9 Å². The van der Waals surface area contributed by atoms with Crippen LogP contribution in [0.4, 0.5) is 0 Å². The predicted octanol–water partition coefficient (Wildman–Crippen LogP) is 9.35. The number of carbonyl (C=O) groups excluding carboxylic acids is 7. The van der Waals surface area contributed by atoms with Gasteiger partial charge in [-0.2, -0.15) is 0 Å². The predicted molar refractivity (Wildman–Crippen MR) is 237 cm³/mol. The van der Waals surface area contributed by atoms with Crippen LogP contribution in [0.25, 0.3) is 6.08 Å². The molecule has 0 atom stereocenters. The van der Waals surface area contributed by atoms with Crippen LogP contribution in [0.1, 0.15) is 112 Å². The largest absolute Gasteiger partial charge is 0.466 e. The zero-order valence-corrected chi connectivity index (χ0v) is 37.8. The third kappa shape index (κ3) is 14.6. The van der Waals surface area contributed by atoms with E-state index in [2.05, 4.69) is 0 Å². The molecule has 3 aliphatic carbocycles. The van der Waals surface area contributed by atoms with Crippen molar-refractivity contribution in [3.63, 3.8) is 0 Å². The van der Waals surface area contributed by atoms with Crippen LogP contribution in [0.5, 0.6) is 17.2 Å². The monoisotopic (exact) mass is 918 g/mol. The maximum atomic E-state index is 13.2. The van der Waals surface area contributed by atoms with Crippen LogP contribution in [-0.2, 0) is 49.4 Å². The van der Waals surface area contributed by atoms with Gasteiger partial charge in [-0.15, -0.1) is 11.3 Å². The second kappa shape index (κ2) is 23.5. The fraction of sp³-hybridized carbons (Fsp3) is 0.490. The third-order valence-electron chi connectivity index (χ3n) is 12.2. The van der Waals surface area contributed by atoms with Crippen LogP contribution >= 0.6 is 22.9 Å². The topological polar surface area (TPSA) is 175 Å². The standard InChI is InChI=1S/C49H55ClO13S/c1-30(51)59-28-33-3-5-34(6-4-33)29-60-47(55)36-11-9-35(10-12-36)46(54)58-26-25-32-7-18-40(19-8-32)62-48(56)37-13-15-38(16-14-37)49(57)63-41-20-22-43(61-31(2)52)39(27-41)17-21-42(53)44-23-24-45(50)64-44/h7-8,17-24,27,33-38H,3-6,9-16,25-26,28-29H2,1-2H3/b21-17+. The van der Waals surface area contributed by atoms with E-state index in [9.17, 15) is 33.6 Å². The van der Waals surface area contributed by atoms with Gasteiger partial charge in [-0.05, 0) is 149 Å². The van der Waals surface area contributed by atoms with Gasteiger partial charge in [-0.1, -0.05) is 23.7 Å². The average molecular weight is 919 g/mol. The Morgan fingerprint density at radius 3 is 1.62 bits per heavy atom. The summed E-state index contributed by atoms with van der Waals surface area (Å²) in [4.78, 5) is 87.6. The third-order valence-corrected chi connectivity index (χ3v) is 13.4. The minimum absolute atomic E-state index is 0.185. The second-order valence-corrected chi connectivity index (χ2v) is 18.6. The van der Waals surface area contributed by atoms with Crippen LogP contribution in [0.2, 0.25) is 4.34 Å². The first-order chi connectivity index (χ1) is 30.8. The molecule has 15 heteroatoms. The van der Waals surface area contributed by atoms with E-state index in [1.54, 1.807) is 24.3 Å². The molecule has 3 fully saturated rings. The van der Waals surface area contributed by atoms with Crippen LogP contribution in [0.3, 0.4) is 0 Å². The van der Waals surface area contributed by atoms with Gasteiger partial charge in [0.15, 0.2) is 5.78 Å². The van der Waals surface area contributed by atoms with Crippen molar-refractivity contribution in [2.75, 3.05) is 19.8 Å². The summed E-state index contributed by atoms with van der Waals surface area (Å²) in [5.74, 6) is -2.09. The maximum Gasteiger partial charge on any atom is 0.314 e. The number of thiophene rings is 1. The molecule has 0 spiro atoms. The summed E-state index contributed by atoms with van der Waals surface area (Å²) < 4.78 is 33.5. The van der Waals surface area contributed by atoms with E-state index in [0.717, 1.165) is 42.6 Å². The van der Waals surface area contributed by atoms with Crippen molar-refractivity contribution in [1.29, 1.82) is 0 Å². The van der Waals surface area contributed by atoms with Crippen molar-refractivity contribution < 1.29 is 62.0 Å². The van der Waals surface area contributed by atoms with Gasteiger partial charge in [-0.25, -0.2) is 0 Å². The van der Waals surface area contributed by atoms with E-state index in [4.69, 9.17) is 40.0 Å². The number of esters is 6. The van der Waals surface area contributed by atoms with Crippen molar-refractivity contribution in [1.82, 2.24) is 0 Å². The Kier molecular flexibility index (Phi) is 17.7. The number of ether oxygens (including phenoxy) is 6. The number of ketones is 1. The first-order valence-electron chi connectivity index (χ1n) is 22.1. The van der Waals surface area contributed by atoms with Crippen LogP contribution < -0.4 is 14.2 Å². The highest BCUT2D eigenvalue weighted by Gasteiger charge is 2.34. The van der Waals surface area contributed by atoms with E-state index >= 15 is 0 Å². The highest BCUT2D eigenvalue weighted by Crippen LogP contribution is 2.35. The molecule has 2 aromatic carbocycles. The van der Waals surface area contributed by atoms with Crippen LogP contribution in [-0.4, -0.2) is 61.4 Å². The van der Waals surface area contributed by atoms with E-state index in [1.165, 1.54) is 44.2 Å². The molecule has 64 heavy (non-hydrogen) atoms. The molecule has 1 aromatic heterocycles. The smallest absolute Gasteiger partial charge is 0.314 e. The van der Waals surface area contributed by atoms with Gasteiger partial charge in [0, 0.05) is 25.8 Å². The summed E-state index contributed by atoms with van der Waals surface area (Å²) >= 11 is 7.10. The molecular formula is C49H55ClO13S. The Bertz CT molecular complexity index is 2150. The molecular weight excluding hydrogens is 864 g/mol. The van der Waals surface area contributed by atoms with E-state index in [0.29, 0.717) is 103 Å². The van der Waals surface area contributed by atoms with Gasteiger partial charge >= 0.3 is 35.8 Å². The molecule has 0 radical (unpaired) electrons. The van der Waals surface area contributed by atoms with E-state index in [1.807, 2.05) is 12.1 Å². The molecule has 3 saturated carbocycles. The molecule has 3 aromatic rings. The van der Waals surface area contributed by atoms with Crippen LogP contribution in [0, 0.1) is 35.5 Å². The van der Waals surface area contributed by atoms with Crippen molar-refractivity contribution in [3.8, 4) is 17.2 Å². The summed E-state index contributed by atoms with van der Waals surface area (Å²) in [5.41, 5.74) is 1.28. The number of hydrogen-bond donors (Lipinski definition) is 0. The summed E-state index contributed by atoms with van der Waals surface area (Å²) in [6.07, 6.45) is 11.2. The number of hydrogen-bond acceptors (Lipinski definition) is 14. The Balaban J connectivity index is 0.859. The molecule has 0 aliphatic heterocycles. The summed E-state index contributed by atoms with van der Waals surface area (Å²) in [6.45, 7) is 3.76. The molecule has 0 bridgehead atoms. The Morgan fingerprint density at radius 2 is 1.09 bits per heavy atom. The molecule has 0 N–H and O–H groups in total. The first kappa shape index (κ1) is 48.1. The highest BCUT2D eigenvalue weighted by molar-refractivity contribution is 7.18. The molecule has 6 rings (SSSR count). The van der Waals surface area contributed by atoms with Crippen molar-refractivity contribution in [2.24, 2.45) is 35.5 Å². The van der Waals surface area contributed by atoms with Gasteiger partial charge in [-0.3, -0.25) is 33.6 Å². The van der Waals surface area contributed by atoms with E-state index in [-0.39, 0.29) is 65.5 Å². The van der Waals surface area contributed by atoms with Gasteiger partial charge in [0.1, 0.15) is 17.2 Å².